The number of hydrogen-bond donors (Lipinski definition) is 1. The Morgan fingerprint density at radius 1 is 1.43 bits per heavy atom. The van der Waals surface area contributed by atoms with Crippen LogP contribution in [-0.2, 0) is 11.8 Å². The summed E-state index contributed by atoms with van der Waals surface area (Å²) in [5.74, 6) is 0.695. The summed E-state index contributed by atoms with van der Waals surface area (Å²) in [7, 11) is 1.94. The number of aryl methyl sites for hydroxylation is 1. The van der Waals surface area contributed by atoms with E-state index in [4.69, 9.17) is 0 Å². The Kier molecular flexibility index (Phi) is 3.06. The second-order valence-electron chi connectivity index (χ2n) is 7.01. The van der Waals surface area contributed by atoms with Crippen LogP contribution in [0.4, 0.5) is 0 Å². The van der Waals surface area contributed by atoms with Crippen LogP contribution in [0.5, 0.6) is 0 Å². The second-order valence-corrected chi connectivity index (χ2v) is 7.01. The molecule has 1 aromatic heterocycles. The molecule has 21 heavy (non-hydrogen) atoms. The second kappa shape index (κ2) is 4.83. The molecule has 2 saturated heterocycles. The number of hydrogen-bond acceptors (Lipinski definition) is 3. The molecule has 5 heteroatoms. The Morgan fingerprint density at radius 3 is 2.95 bits per heavy atom. The SMILES string of the molecule is Cn1cc(C2CCCN2C(=O)C2CC23CCNCC3)cn1. The average molecular weight is 288 g/mol. The van der Waals surface area contributed by atoms with Gasteiger partial charge in [-0.25, -0.2) is 0 Å². The Labute approximate surface area is 125 Å². The number of nitrogens with zero attached hydrogens (tertiary/aromatic N) is 3. The van der Waals surface area contributed by atoms with Crippen molar-refractivity contribution in [2.24, 2.45) is 18.4 Å². The van der Waals surface area contributed by atoms with Gasteiger partial charge in [-0.15, -0.1) is 0 Å². The fourth-order valence-electron chi connectivity index (χ4n) is 4.36. The third kappa shape index (κ3) is 2.18. The van der Waals surface area contributed by atoms with Crippen molar-refractivity contribution < 1.29 is 4.79 Å². The van der Waals surface area contributed by atoms with E-state index in [0.717, 1.165) is 38.9 Å². The first-order chi connectivity index (χ1) is 10.2. The molecular weight excluding hydrogens is 264 g/mol. The van der Waals surface area contributed by atoms with E-state index < -0.39 is 0 Å². The van der Waals surface area contributed by atoms with E-state index in [-0.39, 0.29) is 12.0 Å². The molecule has 0 aromatic carbocycles. The summed E-state index contributed by atoms with van der Waals surface area (Å²) in [5, 5.41) is 7.68. The first-order valence-electron chi connectivity index (χ1n) is 8.19. The smallest absolute Gasteiger partial charge is 0.226 e. The number of amides is 1. The summed E-state index contributed by atoms with van der Waals surface area (Å²) in [6, 6.07) is 0.255. The predicted octanol–water partition coefficient (Wildman–Crippen LogP) is 1.47. The fourth-order valence-corrected chi connectivity index (χ4v) is 4.36. The normalized spacial score (nSPS) is 30.8. The lowest BCUT2D eigenvalue weighted by Crippen LogP contribution is -2.36. The van der Waals surface area contributed by atoms with Gasteiger partial charge in [0.1, 0.15) is 0 Å². The monoisotopic (exact) mass is 288 g/mol. The fraction of sp³-hybridized carbons (Fsp3) is 0.750. The molecule has 2 unspecified atom stereocenters. The largest absolute Gasteiger partial charge is 0.335 e. The van der Waals surface area contributed by atoms with Crippen molar-refractivity contribution in [3.63, 3.8) is 0 Å². The van der Waals surface area contributed by atoms with E-state index in [9.17, 15) is 4.79 Å². The molecule has 1 amide bonds. The maximum absolute atomic E-state index is 12.9. The molecule has 2 aliphatic heterocycles. The van der Waals surface area contributed by atoms with Crippen molar-refractivity contribution in [1.29, 1.82) is 0 Å². The molecule has 1 N–H and O–H groups in total. The van der Waals surface area contributed by atoms with Crippen molar-refractivity contribution in [2.75, 3.05) is 19.6 Å². The summed E-state index contributed by atoms with van der Waals surface area (Å²) in [5.41, 5.74) is 1.54. The van der Waals surface area contributed by atoms with Crippen LogP contribution in [0.15, 0.2) is 12.4 Å². The first kappa shape index (κ1) is 13.3. The van der Waals surface area contributed by atoms with E-state index in [1.807, 2.05) is 17.9 Å². The molecular formula is C16H24N4O. The Morgan fingerprint density at radius 2 is 2.24 bits per heavy atom. The molecule has 5 nitrogen and oxygen atoms in total. The lowest BCUT2D eigenvalue weighted by molar-refractivity contribution is -0.134. The molecule has 0 radical (unpaired) electrons. The van der Waals surface area contributed by atoms with Gasteiger partial charge in [-0.3, -0.25) is 9.48 Å². The van der Waals surface area contributed by atoms with Crippen LogP contribution < -0.4 is 5.32 Å². The first-order valence-corrected chi connectivity index (χ1v) is 8.19. The molecule has 3 fully saturated rings. The van der Waals surface area contributed by atoms with Gasteiger partial charge in [0.2, 0.25) is 5.91 Å². The van der Waals surface area contributed by atoms with Gasteiger partial charge >= 0.3 is 0 Å². The van der Waals surface area contributed by atoms with Crippen molar-refractivity contribution >= 4 is 5.91 Å². The molecule has 4 rings (SSSR count). The highest BCUT2D eigenvalue weighted by atomic mass is 16.2. The molecule has 3 aliphatic rings. The van der Waals surface area contributed by atoms with Crippen LogP contribution in [0.3, 0.4) is 0 Å². The van der Waals surface area contributed by atoms with Crippen molar-refractivity contribution in [3.05, 3.63) is 18.0 Å². The maximum atomic E-state index is 12.9. The zero-order chi connectivity index (χ0) is 14.4. The van der Waals surface area contributed by atoms with Gasteiger partial charge in [0, 0.05) is 31.3 Å². The van der Waals surface area contributed by atoms with E-state index in [2.05, 4.69) is 21.5 Å². The highest BCUT2D eigenvalue weighted by Gasteiger charge is 2.59. The molecule has 1 saturated carbocycles. The minimum Gasteiger partial charge on any atom is -0.335 e. The van der Waals surface area contributed by atoms with Crippen LogP contribution in [0.2, 0.25) is 0 Å². The molecule has 1 aliphatic carbocycles. The molecule has 1 aromatic rings. The molecule has 114 valence electrons. The lowest BCUT2D eigenvalue weighted by atomic mass is 9.91. The topological polar surface area (TPSA) is 50.2 Å². The van der Waals surface area contributed by atoms with Gasteiger partial charge in [0.15, 0.2) is 0 Å². The van der Waals surface area contributed by atoms with E-state index in [1.165, 1.54) is 18.4 Å². The Balaban J connectivity index is 1.49. The number of piperidine rings is 1. The minimum absolute atomic E-state index is 0.255. The predicted molar refractivity (Wildman–Crippen MR) is 79.5 cm³/mol. The highest BCUT2D eigenvalue weighted by molar-refractivity contribution is 5.83. The van der Waals surface area contributed by atoms with Gasteiger partial charge in [-0.1, -0.05) is 0 Å². The van der Waals surface area contributed by atoms with E-state index in [0.29, 0.717) is 11.3 Å². The standard InChI is InChI=1S/C16H24N4O/c1-19-11-12(10-18-19)14-3-2-8-20(14)15(21)13-9-16(13)4-6-17-7-5-16/h10-11,13-14,17H,2-9H2,1H3. The quantitative estimate of drug-likeness (QED) is 0.896. The summed E-state index contributed by atoms with van der Waals surface area (Å²) in [4.78, 5) is 15.1. The Hall–Kier alpha value is -1.36. The summed E-state index contributed by atoms with van der Waals surface area (Å²) >= 11 is 0. The number of carbonyl (C=O) groups is 1. The zero-order valence-electron chi connectivity index (χ0n) is 12.7. The van der Waals surface area contributed by atoms with Crippen LogP contribution in [0.25, 0.3) is 0 Å². The minimum atomic E-state index is 0.255. The molecule has 2 atom stereocenters. The number of nitrogens with one attached hydrogen (secondary N) is 1. The summed E-state index contributed by atoms with van der Waals surface area (Å²) in [6.07, 6.45) is 9.64. The molecule has 1 spiro atoms. The average Bonchev–Trinajstić information content (AvgIpc) is 2.87. The van der Waals surface area contributed by atoms with Gasteiger partial charge in [-0.2, -0.15) is 5.10 Å². The van der Waals surface area contributed by atoms with Crippen molar-refractivity contribution in [3.8, 4) is 0 Å². The number of rotatable bonds is 2. The molecule has 3 heterocycles. The van der Waals surface area contributed by atoms with Crippen molar-refractivity contribution in [2.45, 2.75) is 38.1 Å². The number of likely N-dealkylation sites (tertiary alicyclic amines) is 1. The van der Waals surface area contributed by atoms with Crippen LogP contribution in [0.1, 0.15) is 43.7 Å². The maximum Gasteiger partial charge on any atom is 0.226 e. The summed E-state index contributed by atoms with van der Waals surface area (Å²) < 4.78 is 1.84. The van der Waals surface area contributed by atoms with E-state index in [1.54, 1.807) is 0 Å². The van der Waals surface area contributed by atoms with Gasteiger partial charge in [0.05, 0.1) is 12.2 Å². The van der Waals surface area contributed by atoms with Crippen LogP contribution in [-0.4, -0.2) is 40.2 Å². The van der Waals surface area contributed by atoms with Gasteiger partial charge in [-0.05, 0) is 50.6 Å². The number of carbonyl (C=O) groups excluding carboxylic acids is 1. The zero-order valence-corrected chi connectivity index (χ0v) is 12.7. The lowest BCUT2D eigenvalue weighted by Gasteiger charge is -2.27. The summed E-state index contributed by atoms with van der Waals surface area (Å²) in [6.45, 7) is 3.08. The molecule has 0 bridgehead atoms. The van der Waals surface area contributed by atoms with E-state index >= 15 is 0 Å². The number of aromatic nitrogens is 2. The Bertz CT molecular complexity index is 546. The highest BCUT2D eigenvalue weighted by Crippen LogP contribution is 2.59. The van der Waals surface area contributed by atoms with Gasteiger partial charge < -0.3 is 10.2 Å². The third-order valence-corrected chi connectivity index (χ3v) is 5.73. The van der Waals surface area contributed by atoms with Crippen molar-refractivity contribution in [1.82, 2.24) is 20.0 Å². The van der Waals surface area contributed by atoms with Gasteiger partial charge in [0.25, 0.3) is 0 Å². The third-order valence-electron chi connectivity index (χ3n) is 5.73. The van der Waals surface area contributed by atoms with Crippen LogP contribution in [0, 0.1) is 11.3 Å². The van der Waals surface area contributed by atoms with Crippen LogP contribution >= 0.6 is 0 Å².